The number of rotatable bonds is 4. The van der Waals surface area contributed by atoms with Gasteiger partial charge in [0, 0.05) is 23.2 Å². The Bertz CT molecular complexity index is 578. The van der Waals surface area contributed by atoms with Gasteiger partial charge in [-0.3, -0.25) is 4.79 Å². The van der Waals surface area contributed by atoms with Crippen LogP contribution in [-0.2, 0) is 9.36 Å². The van der Waals surface area contributed by atoms with Gasteiger partial charge >= 0.3 is 0 Å². The summed E-state index contributed by atoms with van der Waals surface area (Å²) < 4.78 is 13.4. The topological polar surface area (TPSA) is 74.6 Å². The van der Waals surface area contributed by atoms with Crippen molar-refractivity contribution in [1.29, 1.82) is 0 Å². The first kappa shape index (κ1) is 18.1. The summed E-state index contributed by atoms with van der Waals surface area (Å²) in [6.45, 7) is 2.84. The lowest BCUT2D eigenvalue weighted by Crippen LogP contribution is -2.26. The van der Waals surface area contributed by atoms with Gasteiger partial charge in [-0.1, -0.05) is 67.6 Å². The van der Waals surface area contributed by atoms with Crippen LogP contribution in [0.3, 0.4) is 0 Å². The molecule has 1 atom stereocenters. The maximum atomic E-state index is 13.4. The van der Waals surface area contributed by atoms with Gasteiger partial charge in [0.05, 0.1) is 6.61 Å². The zero-order valence-electron chi connectivity index (χ0n) is 12.7. The normalized spacial score (nSPS) is 12.0. The molecule has 1 unspecified atom stereocenters. The first-order valence-electron chi connectivity index (χ1n) is 6.94. The van der Waals surface area contributed by atoms with E-state index in [2.05, 4.69) is 0 Å². The summed E-state index contributed by atoms with van der Waals surface area (Å²) in [5.41, 5.74) is -0.276. The molecule has 0 aromatic heterocycles. The van der Waals surface area contributed by atoms with Crippen LogP contribution in [0.25, 0.3) is 0 Å². The van der Waals surface area contributed by atoms with E-state index in [1.807, 2.05) is 67.6 Å². The summed E-state index contributed by atoms with van der Waals surface area (Å²) in [5, 5.41) is 18.4. The average Bonchev–Trinajstić information content (AvgIpc) is 2.54. The maximum absolute atomic E-state index is 13.4. The van der Waals surface area contributed by atoms with E-state index in [1.165, 1.54) is 0 Å². The Kier molecular flexibility index (Phi) is 7.03. The van der Waals surface area contributed by atoms with Crippen LogP contribution in [0.2, 0.25) is 0 Å². The zero-order chi connectivity index (χ0) is 16.6. The van der Waals surface area contributed by atoms with Crippen LogP contribution in [0.5, 0.6) is 0 Å². The Morgan fingerprint density at radius 3 is 1.59 bits per heavy atom. The van der Waals surface area contributed by atoms with E-state index in [0.717, 1.165) is 17.5 Å². The van der Waals surface area contributed by atoms with Crippen molar-refractivity contribution in [3.8, 4) is 0 Å². The van der Waals surface area contributed by atoms with Crippen molar-refractivity contribution in [3.05, 3.63) is 60.7 Å². The summed E-state index contributed by atoms with van der Waals surface area (Å²) in [6, 6.07) is 18.8. The molecular formula is C17H21O4P. The Morgan fingerprint density at radius 2 is 1.32 bits per heavy atom. The van der Waals surface area contributed by atoms with Crippen molar-refractivity contribution >= 4 is 23.7 Å². The highest BCUT2D eigenvalue weighted by atomic mass is 31.2. The van der Waals surface area contributed by atoms with Gasteiger partial charge in [0.2, 0.25) is 0 Å². The molecule has 4 nitrogen and oxygen atoms in total. The monoisotopic (exact) mass is 320 g/mol. The molecule has 0 aliphatic heterocycles. The van der Waals surface area contributed by atoms with Gasteiger partial charge in [-0.25, -0.2) is 0 Å². The summed E-state index contributed by atoms with van der Waals surface area (Å²) in [5.74, 6) is -0.833. The van der Waals surface area contributed by atoms with E-state index in [0.29, 0.717) is 0 Å². The van der Waals surface area contributed by atoms with Crippen molar-refractivity contribution in [2.24, 2.45) is 0 Å². The largest absolute Gasteiger partial charge is 0.481 e. The molecule has 0 radical (unpaired) electrons. The zero-order valence-corrected chi connectivity index (χ0v) is 13.6. The predicted octanol–water partition coefficient (Wildman–Crippen LogP) is 2.47. The Hall–Kier alpha value is -1.90. The third-order valence-electron chi connectivity index (χ3n) is 3.16. The first-order chi connectivity index (χ1) is 10.4. The van der Waals surface area contributed by atoms with Crippen LogP contribution >= 0.6 is 7.14 Å². The van der Waals surface area contributed by atoms with Crippen LogP contribution in [0.1, 0.15) is 13.8 Å². The molecule has 0 heterocycles. The van der Waals surface area contributed by atoms with Crippen molar-refractivity contribution in [1.82, 2.24) is 0 Å². The number of aliphatic hydroxyl groups excluding tert-OH is 1. The van der Waals surface area contributed by atoms with Crippen LogP contribution in [0.15, 0.2) is 60.7 Å². The minimum atomic E-state index is -2.77. The Morgan fingerprint density at radius 1 is 1.00 bits per heavy atom. The molecule has 118 valence electrons. The fourth-order valence-corrected chi connectivity index (χ4v) is 4.85. The summed E-state index contributed by atoms with van der Waals surface area (Å²) in [4.78, 5) is 9.00. The predicted molar refractivity (Wildman–Crippen MR) is 89.6 cm³/mol. The molecule has 2 N–H and O–H groups in total. The number of hydrogen-bond acceptors (Lipinski definition) is 3. The van der Waals surface area contributed by atoms with E-state index in [9.17, 15) is 9.67 Å². The smallest absolute Gasteiger partial charge is 0.300 e. The highest BCUT2D eigenvalue weighted by Gasteiger charge is 2.32. The quantitative estimate of drug-likeness (QED) is 0.849. The third-order valence-corrected chi connectivity index (χ3v) is 6.70. The van der Waals surface area contributed by atoms with Gasteiger partial charge in [-0.2, -0.15) is 0 Å². The number of benzene rings is 2. The second-order valence-corrected chi connectivity index (χ2v) is 8.11. The van der Waals surface area contributed by atoms with Crippen LogP contribution in [0.4, 0.5) is 0 Å². The molecule has 0 bridgehead atoms. The number of carbonyl (C=O) groups is 1. The van der Waals surface area contributed by atoms with Gasteiger partial charge in [-0.05, 0) is 0 Å². The van der Waals surface area contributed by atoms with E-state index in [1.54, 1.807) is 0 Å². The molecule has 0 aliphatic rings. The highest BCUT2D eigenvalue weighted by Crippen LogP contribution is 2.48. The summed E-state index contributed by atoms with van der Waals surface area (Å²) >= 11 is 0. The number of carboxylic acid groups (broad SMARTS) is 1. The van der Waals surface area contributed by atoms with E-state index in [4.69, 9.17) is 9.90 Å². The minimum Gasteiger partial charge on any atom is -0.481 e. The molecule has 22 heavy (non-hydrogen) atoms. The van der Waals surface area contributed by atoms with Crippen LogP contribution in [-0.4, -0.2) is 28.4 Å². The highest BCUT2D eigenvalue weighted by molar-refractivity contribution is 7.79. The lowest BCUT2D eigenvalue weighted by atomic mass is 10.4. The minimum absolute atomic E-state index is 0.0823. The number of hydrogen-bond donors (Lipinski definition) is 2. The standard InChI is InChI=1S/C15H17O2P.C2H4O2/c1-13(12-16)18(17,14-8-4-2-5-9-14)15-10-6-3-7-11-15;1-2(3)4/h2-11,13,16H,12H2,1H3;1H3,(H,3,4). The molecule has 2 rings (SSSR count). The van der Waals surface area contributed by atoms with Gasteiger partial charge in [-0.15, -0.1) is 0 Å². The van der Waals surface area contributed by atoms with Gasteiger partial charge in [0.1, 0.15) is 7.14 Å². The molecule has 0 amide bonds. The van der Waals surface area contributed by atoms with Gasteiger partial charge in [0.25, 0.3) is 5.97 Å². The average molecular weight is 320 g/mol. The fraction of sp³-hybridized carbons (Fsp3) is 0.235. The molecule has 2 aromatic rings. The van der Waals surface area contributed by atoms with Crippen LogP contribution < -0.4 is 10.6 Å². The van der Waals surface area contributed by atoms with E-state index in [-0.39, 0.29) is 12.3 Å². The molecule has 0 saturated carbocycles. The van der Waals surface area contributed by atoms with Crippen LogP contribution in [0, 0.1) is 0 Å². The van der Waals surface area contributed by atoms with Crippen molar-refractivity contribution in [3.63, 3.8) is 0 Å². The molecule has 0 saturated heterocycles. The molecule has 0 fully saturated rings. The number of aliphatic carboxylic acids is 1. The van der Waals surface area contributed by atoms with Crippen molar-refractivity contribution in [2.45, 2.75) is 19.5 Å². The van der Waals surface area contributed by atoms with Crippen molar-refractivity contribution < 1.29 is 19.6 Å². The number of carboxylic acids is 1. The molecular weight excluding hydrogens is 299 g/mol. The SMILES string of the molecule is CC(=O)O.CC(CO)P(=O)(c1ccccc1)c1ccccc1. The summed E-state index contributed by atoms with van der Waals surface area (Å²) in [7, 11) is -2.77. The lowest BCUT2D eigenvalue weighted by Gasteiger charge is -2.24. The Balaban J connectivity index is 0.000000541. The molecule has 0 aliphatic carbocycles. The van der Waals surface area contributed by atoms with E-state index >= 15 is 0 Å². The van der Waals surface area contributed by atoms with Gasteiger partial charge in [0.15, 0.2) is 0 Å². The molecule has 0 spiro atoms. The third kappa shape index (κ3) is 4.55. The van der Waals surface area contributed by atoms with Crippen molar-refractivity contribution in [2.75, 3.05) is 6.61 Å². The molecule has 2 aromatic carbocycles. The lowest BCUT2D eigenvalue weighted by molar-refractivity contribution is -0.134. The van der Waals surface area contributed by atoms with Gasteiger partial charge < -0.3 is 14.8 Å². The second kappa shape index (κ2) is 8.52. The number of aliphatic hydroxyl groups is 1. The Labute approximate surface area is 130 Å². The maximum Gasteiger partial charge on any atom is 0.300 e. The first-order valence-corrected chi connectivity index (χ1v) is 8.71. The molecule has 5 heteroatoms. The summed E-state index contributed by atoms with van der Waals surface area (Å²) in [6.07, 6.45) is 0. The second-order valence-electron chi connectivity index (χ2n) is 4.88. The van der Waals surface area contributed by atoms with E-state index < -0.39 is 13.1 Å². The fourth-order valence-electron chi connectivity index (χ4n) is 2.07.